The Morgan fingerprint density at radius 2 is 1.96 bits per heavy atom. The lowest BCUT2D eigenvalue weighted by molar-refractivity contribution is 0.346. The number of aliphatic imine (C=N–C) groups is 1. The van der Waals surface area contributed by atoms with Crippen LogP contribution in [0.3, 0.4) is 0 Å². The Balaban J connectivity index is 0.00000264. The zero-order valence-electron chi connectivity index (χ0n) is 13.6. The maximum absolute atomic E-state index is 12.7. The van der Waals surface area contributed by atoms with Crippen LogP contribution in [-0.2, 0) is 16.6 Å². The second-order valence-corrected chi connectivity index (χ2v) is 7.23. The van der Waals surface area contributed by atoms with Crippen LogP contribution in [0.25, 0.3) is 0 Å². The van der Waals surface area contributed by atoms with Gasteiger partial charge in [0.25, 0.3) is 0 Å². The average Bonchev–Trinajstić information content (AvgIpc) is 2.57. The lowest BCUT2D eigenvalue weighted by atomic mass is 10.2. The van der Waals surface area contributed by atoms with E-state index < -0.39 is 10.0 Å². The van der Waals surface area contributed by atoms with Crippen molar-refractivity contribution in [1.82, 2.24) is 14.9 Å². The van der Waals surface area contributed by atoms with Gasteiger partial charge in [-0.1, -0.05) is 18.6 Å². The van der Waals surface area contributed by atoms with Crippen LogP contribution < -0.4 is 10.6 Å². The number of rotatable bonds is 4. The molecular weight excluding hydrogens is 427 g/mol. The Bertz CT molecular complexity index is 628. The first-order chi connectivity index (χ1) is 10.6. The van der Waals surface area contributed by atoms with Gasteiger partial charge < -0.3 is 10.6 Å². The van der Waals surface area contributed by atoms with E-state index in [2.05, 4.69) is 15.6 Å². The minimum absolute atomic E-state index is 0. The van der Waals surface area contributed by atoms with E-state index in [0.29, 0.717) is 30.5 Å². The standard InChI is InChI=1S/C15H24N4O2S.HI/c1-16-15(17-2)18-12-13-7-6-8-14(11-13)22(20,21)19-9-4-3-5-10-19;/h6-8,11H,3-5,9-10,12H2,1-2H3,(H2,16,17,18);1H. The number of halogens is 1. The van der Waals surface area contributed by atoms with Gasteiger partial charge >= 0.3 is 0 Å². The van der Waals surface area contributed by atoms with Crippen molar-refractivity contribution in [2.24, 2.45) is 4.99 Å². The van der Waals surface area contributed by atoms with Crippen molar-refractivity contribution in [3.8, 4) is 0 Å². The molecule has 6 nitrogen and oxygen atoms in total. The maximum Gasteiger partial charge on any atom is 0.243 e. The first kappa shape index (κ1) is 20.2. The molecule has 0 bridgehead atoms. The van der Waals surface area contributed by atoms with Crippen molar-refractivity contribution in [3.05, 3.63) is 29.8 Å². The van der Waals surface area contributed by atoms with Crippen LogP contribution in [-0.4, -0.2) is 45.9 Å². The molecule has 0 spiro atoms. The molecule has 23 heavy (non-hydrogen) atoms. The zero-order valence-corrected chi connectivity index (χ0v) is 16.7. The number of sulfonamides is 1. The summed E-state index contributed by atoms with van der Waals surface area (Å²) >= 11 is 0. The molecule has 2 rings (SSSR count). The molecule has 1 heterocycles. The lowest BCUT2D eigenvalue weighted by Crippen LogP contribution is -2.36. The fourth-order valence-corrected chi connectivity index (χ4v) is 4.12. The Kier molecular flexibility index (Phi) is 8.27. The minimum Gasteiger partial charge on any atom is -0.359 e. The second-order valence-electron chi connectivity index (χ2n) is 5.29. The zero-order chi connectivity index (χ0) is 16.0. The number of nitrogens with zero attached hydrogens (tertiary/aromatic N) is 2. The van der Waals surface area contributed by atoms with Crippen LogP contribution in [0.15, 0.2) is 34.2 Å². The molecule has 1 fully saturated rings. The monoisotopic (exact) mass is 452 g/mol. The summed E-state index contributed by atoms with van der Waals surface area (Å²) < 4.78 is 26.9. The predicted molar refractivity (Wildman–Crippen MR) is 104 cm³/mol. The summed E-state index contributed by atoms with van der Waals surface area (Å²) in [6, 6.07) is 7.10. The van der Waals surface area contributed by atoms with Crippen LogP contribution in [0.2, 0.25) is 0 Å². The molecule has 0 radical (unpaired) electrons. The number of nitrogens with one attached hydrogen (secondary N) is 2. The van der Waals surface area contributed by atoms with E-state index >= 15 is 0 Å². The predicted octanol–water partition coefficient (Wildman–Crippen LogP) is 1.77. The van der Waals surface area contributed by atoms with Crippen LogP contribution in [0.4, 0.5) is 0 Å². The summed E-state index contributed by atoms with van der Waals surface area (Å²) in [6.45, 7) is 1.77. The fourth-order valence-electron chi connectivity index (χ4n) is 2.54. The number of hydrogen-bond donors (Lipinski definition) is 2. The van der Waals surface area contributed by atoms with Gasteiger partial charge in [0.2, 0.25) is 10.0 Å². The van der Waals surface area contributed by atoms with E-state index in [9.17, 15) is 8.42 Å². The van der Waals surface area contributed by atoms with E-state index in [0.717, 1.165) is 24.8 Å². The van der Waals surface area contributed by atoms with E-state index in [1.807, 2.05) is 6.07 Å². The van der Waals surface area contributed by atoms with Gasteiger partial charge in [-0.2, -0.15) is 4.31 Å². The largest absolute Gasteiger partial charge is 0.359 e. The summed E-state index contributed by atoms with van der Waals surface area (Å²) in [5.41, 5.74) is 0.912. The maximum atomic E-state index is 12.7. The summed E-state index contributed by atoms with van der Waals surface area (Å²) in [7, 11) is 0.100. The molecule has 2 N–H and O–H groups in total. The Hall–Kier alpha value is -0.870. The van der Waals surface area contributed by atoms with Gasteiger partial charge in [0, 0.05) is 33.7 Å². The van der Waals surface area contributed by atoms with E-state index in [1.54, 1.807) is 36.6 Å². The molecule has 0 unspecified atom stereocenters. The second kappa shape index (κ2) is 9.43. The minimum atomic E-state index is -3.37. The van der Waals surface area contributed by atoms with Crippen molar-refractivity contribution in [2.45, 2.75) is 30.7 Å². The molecule has 0 amide bonds. The SMILES string of the molecule is CN=C(NC)NCc1cccc(S(=O)(=O)N2CCCCC2)c1.I. The third-order valence-electron chi connectivity index (χ3n) is 3.77. The molecule has 1 aromatic rings. The molecule has 130 valence electrons. The van der Waals surface area contributed by atoms with Gasteiger partial charge in [0.15, 0.2) is 5.96 Å². The fraction of sp³-hybridized carbons (Fsp3) is 0.533. The van der Waals surface area contributed by atoms with Crippen molar-refractivity contribution < 1.29 is 8.42 Å². The smallest absolute Gasteiger partial charge is 0.243 e. The van der Waals surface area contributed by atoms with E-state index in [-0.39, 0.29) is 24.0 Å². The topological polar surface area (TPSA) is 73.8 Å². The molecule has 1 saturated heterocycles. The van der Waals surface area contributed by atoms with E-state index in [4.69, 9.17) is 0 Å². The first-order valence-electron chi connectivity index (χ1n) is 7.55. The molecule has 0 saturated carbocycles. The molecular formula is C15H25IN4O2S. The van der Waals surface area contributed by atoms with Gasteiger partial charge in [-0.15, -0.1) is 24.0 Å². The molecule has 0 aliphatic carbocycles. The van der Waals surface area contributed by atoms with Crippen LogP contribution >= 0.6 is 24.0 Å². The Morgan fingerprint density at radius 3 is 2.57 bits per heavy atom. The van der Waals surface area contributed by atoms with Crippen molar-refractivity contribution in [3.63, 3.8) is 0 Å². The molecule has 1 aliphatic heterocycles. The first-order valence-corrected chi connectivity index (χ1v) is 8.99. The van der Waals surface area contributed by atoms with Gasteiger partial charge in [-0.25, -0.2) is 8.42 Å². The third kappa shape index (κ3) is 5.32. The highest BCUT2D eigenvalue weighted by molar-refractivity contribution is 14.0. The quantitative estimate of drug-likeness (QED) is 0.415. The Labute approximate surface area is 155 Å². The van der Waals surface area contributed by atoms with Crippen LogP contribution in [0.1, 0.15) is 24.8 Å². The molecule has 8 heteroatoms. The molecule has 1 aliphatic rings. The summed E-state index contributed by atoms with van der Waals surface area (Å²) in [5.74, 6) is 0.671. The summed E-state index contributed by atoms with van der Waals surface area (Å²) in [4.78, 5) is 4.40. The third-order valence-corrected chi connectivity index (χ3v) is 5.67. The molecule has 0 aromatic heterocycles. The number of guanidine groups is 1. The van der Waals surface area contributed by atoms with Crippen LogP contribution in [0.5, 0.6) is 0 Å². The average molecular weight is 452 g/mol. The Morgan fingerprint density at radius 1 is 1.26 bits per heavy atom. The highest BCUT2D eigenvalue weighted by Gasteiger charge is 2.25. The summed E-state index contributed by atoms with van der Waals surface area (Å²) in [6.07, 6.45) is 3.00. The van der Waals surface area contributed by atoms with Crippen molar-refractivity contribution in [2.75, 3.05) is 27.2 Å². The van der Waals surface area contributed by atoms with Gasteiger partial charge in [-0.3, -0.25) is 4.99 Å². The highest BCUT2D eigenvalue weighted by Crippen LogP contribution is 2.21. The van der Waals surface area contributed by atoms with E-state index in [1.165, 1.54) is 0 Å². The molecule has 0 atom stereocenters. The van der Waals surface area contributed by atoms with Gasteiger partial charge in [-0.05, 0) is 30.5 Å². The van der Waals surface area contributed by atoms with Crippen LogP contribution in [0, 0.1) is 0 Å². The number of piperidine rings is 1. The van der Waals surface area contributed by atoms with Crippen molar-refractivity contribution >= 4 is 40.0 Å². The van der Waals surface area contributed by atoms with Gasteiger partial charge in [0.1, 0.15) is 0 Å². The number of benzene rings is 1. The van der Waals surface area contributed by atoms with Crippen molar-refractivity contribution in [1.29, 1.82) is 0 Å². The lowest BCUT2D eigenvalue weighted by Gasteiger charge is -2.26. The normalized spacial score (nSPS) is 16.5. The highest BCUT2D eigenvalue weighted by atomic mass is 127. The summed E-state index contributed by atoms with van der Waals surface area (Å²) in [5, 5.41) is 6.05. The van der Waals surface area contributed by atoms with Gasteiger partial charge in [0.05, 0.1) is 4.90 Å². The number of hydrogen-bond acceptors (Lipinski definition) is 3. The molecule has 1 aromatic carbocycles.